The van der Waals surface area contributed by atoms with Crippen LogP contribution in [0.3, 0.4) is 0 Å². The van der Waals surface area contributed by atoms with E-state index in [9.17, 15) is 4.79 Å². The molecule has 0 aromatic carbocycles. The number of thioether (sulfide) groups is 1. The van der Waals surface area contributed by atoms with E-state index < -0.39 is 5.91 Å². The number of amides is 1. The zero-order valence-electron chi connectivity index (χ0n) is 5.98. The average molecular weight is 199 g/mol. The molecule has 1 rings (SSSR count). The number of hydrogen-bond acceptors (Lipinski definition) is 5. The Morgan fingerprint density at radius 3 is 3.00 bits per heavy atom. The van der Waals surface area contributed by atoms with Gasteiger partial charge in [-0.15, -0.1) is 16.6 Å². The first-order chi connectivity index (χ1) is 5.74. The highest BCUT2D eigenvalue weighted by Gasteiger charge is 2.08. The summed E-state index contributed by atoms with van der Waals surface area (Å²) in [5.74, 6) is 2.41. The van der Waals surface area contributed by atoms with Crippen molar-refractivity contribution in [1.29, 1.82) is 0 Å². The Hall–Kier alpha value is -1.06. The highest BCUT2D eigenvalue weighted by atomic mass is 32.2. The smallest absolute Gasteiger partial charge is 0.279 e. The molecule has 0 fully saturated rings. The van der Waals surface area contributed by atoms with Gasteiger partial charge >= 0.3 is 0 Å². The quantitative estimate of drug-likeness (QED) is 0.564. The van der Waals surface area contributed by atoms with E-state index >= 15 is 0 Å². The van der Waals surface area contributed by atoms with Crippen LogP contribution >= 0.6 is 23.1 Å². The number of nitrogens with zero attached hydrogens (tertiary/aromatic N) is 2. The lowest BCUT2D eigenvalue weighted by atomic mass is 10.7. The van der Waals surface area contributed by atoms with Crippen LogP contribution in [0.25, 0.3) is 0 Å². The Morgan fingerprint density at radius 1 is 1.75 bits per heavy atom. The lowest BCUT2D eigenvalue weighted by Crippen LogP contribution is -2.10. The molecule has 1 amide bonds. The van der Waals surface area contributed by atoms with Crippen molar-refractivity contribution in [3.05, 3.63) is 5.01 Å². The number of carbonyl (C=O) groups is 1. The van der Waals surface area contributed by atoms with Gasteiger partial charge in [-0.05, 0) is 0 Å². The van der Waals surface area contributed by atoms with E-state index in [1.807, 2.05) is 0 Å². The Balaban J connectivity index is 2.66. The van der Waals surface area contributed by atoms with Gasteiger partial charge in [0.05, 0.1) is 5.75 Å². The van der Waals surface area contributed by atoms with Crippen LogP contribution in [0.2, 0.25) is 0 Å². The van der Waals surface area contributed by atoms with Gasteiger partial charge in [-0.2, -0.15) is 0 Å². The van der Waals surface area contributed by atoms with Crippen molar-refractivity contribution < 1.29 is 4.79 Å². The molecule has 6 heteroatoms. The highest BCUT2D eigenvalue weighted by Crippen LogP contribution is 2.21. The van der Waals surface area contributed by atoms with E-state index in [4.69, 9.17) is 12.2 Å². The molecule has 0 saturated carbocycles. The molecule has 2 N–H and O–H groups in total. The van der Waals surface area contributed by atoms with Crippen molar-refractivity contribution in [2.45, 2.75) is 4.34 Å². The summed E-state index contributed by atoms with van der Waals surface area (Å²) in [6, 6.07) is 0. The molecule has 0 aliphatic heterocycles. The van der Waals surface area contributed by atoms with Crippen LogP contribution in [0.5, 0.6) is 0 Å². The minimum atomic E-state index is -0.556. The van der Waals surface area contributed by atoms with Gasteiger partial charge in [0.2, 0.25) is 5.01 Å². The van der Waals surface area contributed by atoms with Crippen LogP contribution in [0, 0.1) is 12.3 Å². The molecule has 1 heterocycles. The fourth-order valence-electron chi connectivity index (χ4n) is 0.471. The number of terminal acetylenes is 1. The second kappa shape index (κ2) is 4.09. The standard InChI is InChI=1S/C6H5N3OS2/c1-2-3-11-6-9-8-5(12-6)4(7)10/h1H,3H2,(H2,7,10). The number of nitrogens with two attached hydrogens (primary N) is 1. The molecule has 4 nitrogen and oxygen atoms in total. The van der Waals surface area contributed by atoms with E-state index in [2.05, 4.69) is 16.1 Å². The van der Waals surface area contributed by atoms with E-state index in [-0.39, 0.29) is 5.01 Å². The zero-order valence-corrected chi connectivity index (χ0v) is 7.61. The van der Waals surface area contributed by atoms with Crippen molar-refractivity contribution in [2.75, 3.05) is 5.75 Å². The maximum atomic E-state index is 10.6. The highest BCUT2D eigenvalue weighted by molar-refractivity contribution is 8.01. The van der Waals surface area contributed by atoms with Gasteiger partial charge in [0.15, 0.2) is 4.34 Å². The maximum absolute atomic E-state index is 10.6. The molecule has 0 spiro atoms. The van der Waals surface area contributed by atoms with Crippen LogP contribution in [-0.4, -0.2) is 21.9 Å². The first-order valence-corrected chi connectivity index (χ1v) is 4.74. The summed E-state index contributed by atoms with van der Waals surface area (Å²) in [6.45, 7) is 0. The molecular formula is C6H5N3OS2. The molecule has 1 aromatic rings. The Kier molecular flexibility index (Phi) is 3.08. The number of rotatable bonds is 3. The molecule has 0 aliphatic rings. The van der Waals surface area contributed by atoms with E-state index in [1.165, 1.54) is 11.8 Å². The van der Waals surface area contributed by atoms with Gasteiger partial charge in [0.25, 0.3) is 5.91 Å². The summed E-state index contributed by atoms with van der Waals surface area (Å²) in [6.07, 6.45) is 5.04. The van der Waals surface area contributed by atoms with Gasteiger partial charge in [-0.3, -0.25) is 4.79 Å². The van der Waals surface area contributed by atoms with Crippen molar-refractivity contribution in [3.63, 3.8) is 0 Å². The fraction of sp³-hybridized carbons (Fsp3) is 0.167. The first-order valence-electron chi connectivity index (χ1n) is 2.93. The summed E-state index contributed by atoms with van der Waals surface area (Å²) in [4.78, 5) is 10.6. The van der Waals surface area contributed by atoms with Crippen molar-refractivity contribution in [1.82, 2.24) is 10.2 Å². The molecular weight excluding hydrogens is 194 g/mol. The lowest BCUT2D eigenvalue weighted by Gasteiger charge is -1.83. The third-order valence-corrected chi connectivity index (χ3v) is 2.87. The average Bonchev–Trinajstić information content (AvgIpc) is 2.48. The monoisotopic (exact) mass is 199 g/mol. The summed E-state index contributed by atoms with van der Waals surface area (Å²) < 4.78 is 0.668. The molecule has 1 aromatic heterocycles. The minimum absolute atomic E-state index is 0.217. The zero-order chi connectivity index (χ0) is 8.97. The molecule has 0 atom stereocenters. The largest absolute Gasteiger partial charge is 0.363 e. The van der Waals surface area contributed by atoms with Crippen molar-refractivity contribution in [3.8, 4) is 12.3 Å². The van der Waals surface area contributed by atoms with Crippen molar-refractivity contribution >= 4 is 29.0 Å². The lowest BCUT2D eigenvalue weighted by molar-refractivity contribution is 0.0999. The summed E-state index contributed by atoms with van der Waals surface area (Å²) in [7, 11) is 0. The number of carbonyl (C=O) groups excluding carboxylic acids is 1. The predicted octanol–water partition coefficient (Wildman–Crippen LogP) is 0.362. The van der Waals surface area contributed by atoms with E-state index in [0.29, 0.717) is 10.1 Å². The van der Waals surface area contributed by atoms with Gasteiger partial charge < -0.3 is 5.73 Å². The molecule has 62 valence electrons. The molecule has 0 saturated heterocycles. The van der Waals surface area contributed by atoms with Crippen LogP contribution in [0.1, 0.15) is 9.80 Å². The van der Waals surface area contributed by atoms with Gasteiger partial charge in [-0.1, -0.05) is 29.0 Å². The second-order valence-corrected chi connectivity index (χ2v) is 3.93. The maximum Gasteiger partial charge on any atom is 0.279 e. The second-order valence-electron chi connectivity index (χ2n) is 1.73. The SMILES string of the molecule is C#CCSc1nnc(C(N)=O)s1. The molecule has 0 bridgehead atoms. The third kappa shape index (κ3) is 2.22. The number of primary amides is 1. The normalized spacial score (nSPS) is 9.25. The van der Waals surface area contributed by atoms with Crippen LogP contribution < -0.4 is 5.73 Å². The van der Waals surface area contributed by atoms with E-state index in [0.717, 1.165) is 11.3 Å². The summed E-state index contributed by atoms with van der Waals surface area (Å²) in [5, 5.41) is 7.50. The molecule has 0 radical (unpaired) electrons. The van der Waals surface area contributed by atoms with Gasteiger partial charge in [0.1, 0.15) is 0 Å². The molecule has 0 unspecified atom stereocenters. The molecule has 12 heavy (non-hydrogen) atoms. The molecule has 0 aliphatic carbocycles. The van der Waals surface area contributed by atoms with Crippen LogP contribution in [-0.2, 0) is 0 Å². The Morgan fingerprint density at radius 2 is 2.50 bits per heavy atom. The topological polar surface area (TPSA) is 68.9 Å². The fourth-order valence-corrected chi connectivity index (χ4v) is 1.86. The minimum Gasteiger partial charge on any atom is -0.363 e. The number of aromatic nitrogens is 2. The Labute approximate surface area is 77.6 Å². The van der Waals surface area contributed by atoms with Crippen molar-refractivity contribution in [2.24, 2.45) is 5.73 Å². The van der Waals surface area contributed by atoms with Crippen LogP contribution in [0.15, 0.2) is 4.34 Å². The van der Waals surface area contributed by atoms with Crippen LogP contribution in [0.4, 0.5) is 0 Å². The number of hydrogen-bond donors (Lipinski definition) is 1. The Bertz CT molecular complexity index is 328. The first kappa shape index (κ1) is 9.03. The summed E-state index contributed by atoms with van der Waals surface area (Å²) >= 11 is 2.51. The predicted molar refractivity (Wildman–Crippen MR) is 48.0 cm³/mol. The van der Waals surface area contributed by atoms with Gasteiger partial charge in [-0.25, -0.2) is 0 Å². The summed E-state index contributed by atoms with van der Waals surface area (Å²) in [5.41, 5.74) is 4.98. The third-order valence-electron chi connectivity index (χ3n) is 0.896. The van der Waals surface area contributed by atoms with Gasteiger partial charge in [0, 0.05) is 0 Å². The van der Waals surface area contributed by atoms with E-state index in [1.54, 1.807) is 0 Å².